The average Bonchev–Trinajstić information content (AvgIpc) is 4.10. The third-order valence-electron chi connectivity index (χ3n) is 12.8. The van der Waals surface area contributed by atoms with E-state index in [1.54, 1.807) is 22.7 Å². The summed E-state index contributed by atoms with van der Waals surface area (Å²) < 4.78 is 17.6. The number of pyridine rings is 4. The number of nitrogens with zero attached hydrogens (tertiary/aromatic N) is 7. The van der Waals surface area contributed by atoms with Gasteiger partial charge in [-0.2, -0.15) is 4.55 Å². The van der Waals surface area contributed by atoms with Gasteiger partial charge in [-0.05, 0) is 98.9 Å². The maximum absolute atomic E-state index is 11.2. The number of thioether (sulfide) groups is 1. The lowest BCUT2D eigenvalue weighted by Crippen LogP contribution is -2.28. The number of aromatic amines is 1. The van der Waals surface area contributed by atoms with E-state index in [1.807, 2.05) is 37.5 Å². The van der Waals surface area contributed by atoms with Crippen molar-refractivity contribution in [1.29, 1.82) is 0 Å². The fraction of sp³-hybridized carbons (Fsp3) is 0.381. The predicted molar refractivity (Wildman–Crippen MR) is 233 cm³/mol. The molecule has 8 aromatic heterocycles. The maximum Gasteiger partial charge on any atom is 0.269 e. The summed E-state index contributed by atoms with van der Waals surface area (Å²) in [6, 6.07) is 8.85. The van der Waals surface area contributed by atoms with Crippen LogP contribution >= 0.6 is 34.4 Å². The topological polar surface area (TPSA) is 161 Å². The number of hydrogen-bond donors (Lipinski definition) is 4. The molecule has 0 aliphatic heterocycles. The molecule has 4 aliphatic rings. The minimum atomic E-state index is -0.827. The van der Waals surface area contributed by atoms with Gasteiger partial charge in [0, 0.05) is 58.6 Å². The molecule has 4 saturated carbocycles. The molecule has 0 bridgehead atoms. The van der Waals surface area contributed by atoms with Gasteiger partial charge in [0.2, 0.25) is 6.33 Å². The van der Waals surface area contributed by atoms with Crippen LogP contribution in [0.15, 0.2) is 51.4 Å². The van der Waals surface area contributed by atoms with E-state index in [0.717, 1.165) is 129 Å². The Morgan fingerprint density at radius 1 is 0.842 bits per heavy atom. The summed E-state index contributed by atoms with van der Waals surface area (Å²) in [6.45, 7) is 0. The number of thiophene rings is 2. The Morgan fingerprint density at radius 3 is 2.19 bits per heavy atom. The summed E-state index contributed by atoms with van der Waals surface area (Å²) >= 11 is 4.38. The maximum atomic E-state index is 11.2. The van der Waals surface area contributed by atoms with Crippen molar-refractivity contribution in [3.63, 3.8) is 0 Å². The largest absolute Gasteiger partial charge is 0.397 e. The summed E-state index contributed by atoms with van der Waals surface area (Å²) in [7, 11) is 4.15. The number of fused-ring (bicyclic) bond motifs is 4. The van der Waals surface area contributed by atoms with E-state index in [2.05, 4.69) is 50.4 Å². The second kappa shape index (κ2) is 12.9. The van der Waals surface area contributed by atoms with E-state index in [0.29, 0.717) is 28.3 Å². The van der Waals surface area contributed by atoms with Crippen molar-refractivity contribution < 1.29 is 9.12 Å². The molecule has 0 aromatic carbocycles. The van der Waals surface area contributed by atoms with E-state index in [1.165, 1.54) is 30.4 Å². The summed E-state index contributed by atoms with van der Waals surface area (Å²) in [6.07, 6.45) is 16.0. The van der Waals surface area contributed by atoms with Crippen LogP contribution in [0.4, 0.5) is 11.4 Å². The molecule has 0 saturated heterocycles. The number of nitrogens with two attached hydrogens (primary N) is 2. The molecule has 288 valence electrons. The quantitative estimate of drug-likeness (QED) is 0.0821. The Morgan fingerprint density at radius 2 is 1.53 bits per heavy atom. The number of aromatic nitrogens is 8. The van der Waals surface area contributed by atoms with Crippen LogP contribution < -0.4 is 16.0 Å². The molecule has 4 fully saturated rings. The van der Waals surface area contributed by atoms with E-state index in [-0.39, 0.29) is 0 Å². The summed E-state index contributed by atoms with van der Waals surface area (Å²) in [5, 5.41) is 2.88. The molecule has 8 aromatic rings. The van der Waals surface area contributed by atoms with Gasteiger partial charge in [0.15, 0.2) is 27.6 Å². The van der Waals surface area contributed by atoms with E-state index < -0.39 is 11.2 Å². The lowest BCUT2D eigenvalue weighted by Gasteiger charge is -2.35. The van der Waals surface area contributed by atoms with Crippen LogP contribution in [0.2, 0.25) is 0 Å². The van der Waals surface area contributed by atoms with Crippen molar-refractivity contribution in [3.8, 4) is 22.5 Å². The van der Waals surface area contributed by atoms with E-state index in [4.69, 9.17) is 31.4 Å². The number of H-pyrrole nitrogens is 1. The molecule has 0 radical (unpaired) electrons. The number of aryl methyl sites for hydroxylation is 2. The van der Waals surface area contributed by atoms with Crippen LogP contribution in [0.5, 0.6) is 0 Å². The Bertz CT molecular complexity index is 2950. The Balaban J connectivity index is 0.854. The molecule has 3 atom stereocenters. The summed E-state index contributed by atoms with van der Waals surface area (Å²) in [5.41, 5.74) is 25.6. The van der Waals surface area contributed by atoms with Gasteiger partial charge in [0.05, 0.1) is 33.8 Å². The standard InChI is InChI=1S/C42H41N10OS4/c1-51-18-47-36-29(51)12-21(16-45-36)27-14-25(19-6-7-19)32-34(43)41(55-39(32)48-27)54-31-11-10-24(31)38-50-37-30(52(38)2)13-22(17-46-37)28-15-26(20-8-9-20)33-35(44)42(56-40(33)49-28)57(53)23-4-3-5-23/h12-20,23-24,31,53H,3-11,43-44H2,1-2H3/q+1/p+1. The molecule has 8 heterocycles. The number of imidazole rings is 2. The van der Waals surface area contributed by atoms with Crippen LogP contribution in [0.1, 0.15) is 92.5 Å². The molecule has 0 spiro atoms. The Hall–Kier alpha value is -4.28. The number of hydrogen-bond acceptors (Lipinski definition) is 11. The van der Waals surface area contributed by atoms with E-state index in [9.17, 15) is 4.55 Å². The molecule has 0 amide bonds. The Kier molecular flexibility index (Phi) is 7.84. The van der Waals surface area contributed by atoms with Gasteiger partial charge in [-0.3, -0.25) is 0 Å². The van der Waals surface area contributed by atoms with Gasteiger partial charge in [-0.25, -0.2) is 34.5 Å². The zero-order valence-electron chi connectivity index (χ0n) is 31.7. The fourth-order valence-electron chi connectivity index (χ4n) is 8.78. The van der Waals surface area contributed by atoms with Crippen molar-refractivity contribution in [2.45, 2.75) is 94.5 Å². The molecule has 6 N–H and O–H groups in total. The van der Waals surface area contributed by atoms with Crippen LogP contribution in [0.3, 0.4) is 0 Å². The molecule has 3 unspecified atom stereocenters. The van der Waals surface area contributed by atoms with Gasteiger partial charge in [-0.1, -0.05) is 11.3 Å². The molecule has 4 aliphatic carbocycles. The van der Waals surface area contributed by atoms with Crippen LogP contribution in [-0.2, 0) is 25.3 Å². The highest BCUT2D eigenvalue weighted by Crippen LogP contribution is 2.55. The monoisotopic (exact) mass is 830 g/mol. The lowest BCUT2D eigenvalue weighted by molar-refractivity contribution is -0.644. The predicted octanol–water partition coefficient (Wildman–Crippen LogP) is 9.18. The lowest BCUT2D eigenvalue weighted by atomic mass is 9.84. The number of nitrogens with one attached hydrogen (secondary N) is 1. The van der Waals surface area contributed by atoms with Crippen LogP contribution in [0, 0.1) is 0 Å². The highest BCUT2D eigenvalue weighted by Gasteiger charge is 2.42. The van der Waals surface area contributed by atoms with Crippen molar-refractivity contribution in [2.75, 3.05) is 11.5 Å². The van der Waals surface area contributed by atoms with Gasteiger partial charge >= 0.3 is 0 Å². The summed E-state index contributed by atoms with van der Waals surface area (Å²) in [5.74, 6) is 2.38. The second-order valence-corrected chi connectivity index (χ2v) is 22.0. The van der Waals surface area contributed by atoms with Gasteiger partial charge in [0.1, 0.15) is 21.2 Å². The normalized spacial score (nSPS) is 20.5. The third-order valence-corrected chi connectivity index (χ3v) is 18.9. The minimum Gasteiger partial charge on any atom is -0.397 e. The molecule has 15 heteroatoms. The van der Waals surface area contributed by atoms with Gasteiger partial charge in [0.25, 0.3) is 9.86 Å². The molecule has 57 heavy (non-hydrogen) atoms. The number of anilines is 2. The molecular weight excluding hydrogens is 789 g/mol. The zero-order chi connectivity index (χ0) is 38.3. The first-order chi connectivity index (χ1) is 27.8. The summed E-state index contributed by atoms with van der Waals surface area (Å²) in [4.78, 5) is 30.3. The van der Waals surface area contributed by atoms with Gasteiger partial charge in [-0.15, -0.1) is 23.1 Å². The number of nitrogen functional groups attached to an aromatic ring is 2. The van der Waals surface area contributed by atoms with Crippen LogP contribution in [0.25, 0.3) is 65.3 Å². The number of rotatable bonds is 9. The SMILES string of the molecule is Cn1c(C2CCC2Sc2sc3nc(-c4cnc5[nH]c[n+](C)c5c4)cc(C4CC4)c3c2N)nc2ncc(-c3cc(C4CC4)c4c(N)c([S+](O)C5CCC5)sc4n3)cc21. The van der Waals surface area contributed by atoms with Crippen molar-refractivity contribution in [2.24, 2.45) is 14.1 Å². The van der Waals surface area contributed by atoms with E-state index >= 15 is 0 Å². The zero-order valence-corrected chi connectivity index (χ0v) is 34.9. The molecule has 11 nitrogen and oxygen atoms in total. The Labute approximate surface area is 343 Å². The van der Waals surface area contributed by atoms with Crippen molar-refractivity contribution >= 4 is 99.7 Å². The highest BCUT2D eigenvalue weighted by atomic mass is 32.2. The second-order valence-electron chi connectivity index (χ2n) is 16.5. The first-order valence-electron chi connectivity index (χ1n) is 20.0. The average molecular weight is 831 g/mol. The third kappa shape index (κ3) is 5.55. The van der Waals surface area contributed by atoms with Crippen molar-refractivity contribution in [1.82, 2.24) is 34.5 Å². The first kappa shape index (κ1) is 34.7. The highest BCUT2D eigenvalue weighted by molar-refractivity contribution is 8.02. The van der Waals surface area contributed by atoms with Crippen LogP contribution in [-0.4, -0.2) is 49.5 Å². The molecular formula is C42H42N10OS4+2. The molecule has 12 rings (SSSR count). The van der Waals surface area contributed by atoms with Gasteiger partial charge < -0.3 is 16.0 Å². The first-order valence-corrected chi connectivity index (χ1v) is 23.7. The minimum absolute atomic E-state index is 0.292. The fourth-order valence-corrected chi connectivity index (χ4v) is 14.9. The van der Waals surface area contributed by atoms with Crippen molar-refractivity contribution in [3.05, 3.63) is 59.9 Å². The smallest absolute Gasteiger partial charge is 0.269 e.